The molecule has 0 spiro atoms. The van der Waals surface area contributed by atoms with E-state index in [4.69, 9.17) is 5.84 Å². The van der Waals surface area contributed by atoms with Gasteiger partial charge in [0, 0.05) is 6.04 Å². The molecule has 0 radical (unpaired) electrons. The first kappa shape index (κ1) is 13.9. The lowest BCUT2D eigenvalue weighted by atomic mass is 9.48. The van der Waals surface area contributed by atoms with E-state index in [0.717, 1.165) is 23.7 Å². The van der Waals surface area contributed by atoms with Gasteiger partial charge in [-0.15, -0.1) is 0 Å². The molecule has 0 aromatic rings. The second kappa shape index (κ2) is 5.37. The van der Waals surface area contributed by atoms with Crippen molar-refractivity contribution in [3.8, 4) is 0 Å². The molecule has 0 saturated heterocycles. The lowest BCUT2D eigenvalue weighted by molar-refractivity contribution is -0.0625. The molecule has 19 heavy (non-hydrogen) atoms. The molecular formula is C17H32N2. The number of nitrogens with one attached hydrogen (secondary N) is 1. The third kappa shape index (κ3) is 3.00. The summed E-state index contributed by atoms with van der Waals surface area (Å²) in [5.74, 6) is 9.83. The lowest BCUT2D eigenvalue weighted by Gasteiger charge is -2.57. The Morgan fingerprint density at radius 3 is 1.95 bits per heavy atom. The highest BCUT2D eigenvalue weighted by Crippen LogP contribution is 2.61. The normalized spacial score (nSPS) is 42.0. The summed E-state index contributed by atoms with van der Waals surface area (Å²) >= 11 is 0. The Morgan fingerprint density at radius 2 is 1.53 bits per heavy atom. The summed E-state index contributed by atoms with van der Waals surface area (Å²) in [6.07, 6.45) is 13.1. The number of hydrogen-bond donors (Lipinski definition) is 2. The standard InChI is InChI=1S/C17H32N2/c1-12(2)3-4-16(19-18)11-17-8-13-5-14(9-17)7-15(6-13)10-17/h12-16,19H,3-11,18H2,1-2H3. The molecule has 0 aromatic carbocycles. The van der Waals surface area contributed by atoms with E-state index in [1.807, 2.05) is 0 Å². The van der Waals surface area contributed by atoms with Crippen LogP contribution in [-0.4, -0.2) is 6.04 Å². The maximum Gasteiger partial charge on any atom is 0.0215 e. The number of rotatable bonds is 6. The zero-order chi connectivity index (χ0) is 13.5. The number of hydrazine groups is 1. The highest BCUT2D eigenvalue weighted by atomic mass is 15.2. The molecule has 4 bridgehead atoms. The largest absolute Gasteiger partial charge is 0.271 e. The fourth-order valence-corrected chi connectivity index (χ4v) is 5.84. The van der Waals surface area contributed by atoms with Crippen LogP contribution >= 0.6 is 0 Å². The van der Waals surface area contributed by atoms with Gasteiger partial charge in [-0.25, -0.2) is 0 Å². The van der Waals surface area contributed by atoms with Gasteiger partial charge in [0.05, 0.1) is 0 Å². The van der Waals surface area contributed by atoms with Gasteiger partial charge in [-0.3, -0.25) is 11.3 Å². The second-order valence-electron chi connectivity index (χ2n) is 8.46. The Bertz CT molecular complexity index is 275. The van der Waals surface area contributed by atoms with Crippen molar-refractivity contribution in [3.63, 3.8) is 0 Å². The maximum absolute atomic E-state index is 5.84. The van der Waals surface area contributed by atoms with E-state index in [0.29, 0.717) is 11.5 Å². The molecule has 4 rings (SSSR count). The second-order valence-corrected chi connectivity index (χ2v) is 8.46. The topological polar surface area (TPSA) is 38.0 Å². The van der Waals surface area contributed by atoms with Crippen LogP contribution in [0.4, 0.5) is 0 Å². The van der Waals surface area contributed by atoms with E-state index >= 15 is 0 Å². The van der Waals surface area contributed by atoms with Crippen LogP contribution in [0.1, 0.15) is 71.6 Å². The SMILES string of the molecule is CC(C)CCC(CC12CC3CC(CC(C3)C1)C2)NN. The van der Waals surface area contributed by atoms with Crippen LogP contribution in [0, 0.1) is 29.1 Å². The molecule has 3 N–H and O–H groups in total. The summed E-state index contributed by atoms with van der Waals surface area (Å²) in [7, 11) is 0. The zero-order valence-corrected chi connectivity index (χ0v) is 12.8. The number of hydrogen-bond acceptors (Lipinski definition) is 2. The molecule has 1 unspecified atom stereocenters. The molecule has 0 aliphatic heterocycles. The van der Waals surface area contributed by atoms with Crippen LogP contribution in [0.2, 0.25) is 0 Å². The summed E-state index contributed by atoms with van der Waals surface area (Å²) < 4.78 is 0. The predicted molar refractivity (Wildman–Crippen MR) is 80.4 cm³/mol. The molecule has 4 saturated carbocycles. The van der Waals surface area contributed by atoms with Gasteiger partial charge < -0.3 is 0 Å². The van der Waals surface area contributed by atoms with Gasteiger partial charge in [-0.2, -0.15) is 0 Å². The zero-order valence-electron chi connectivity index (χ0n) is 12.8. The summed E-state index contributed by atoms with van der Waals surface area (Å²) in [6, 6.07) is 0.554. The monoisotopic (exact) mass is 264 g/mol. The van der Waals surface area contributed by atoms with Gasteiger partial charge in [0.15, 0.2) is 0 Å². The van der Waals surface area contributed by atoms with Gasteiger partial charge >= 0.3 is 0 Å². The maximum atomic E-state index is 5.84. The summed E-state index contributed by atoms with van der Waals surface area (Å²) in [4.78, 5) is 0. The molecule has 2 nitrogen and oxygen atoms in total. The van der Waals surface area contributed by atoms with Crippen LogP contribution < -0.4 is 11.3 Å². The Balaban J connectivity index is 1.61. The van der Waals surface area contributed by atoms with Crippen molar-refractivity contribution in [2.24, 2.45) is 34.9 Å². The fourth-order valence-electron chi connectivity index (χ4n) is 5.84. The Kier molecular flexibility index (Phi) is 3.92. The van der Waals surface area contributed by atoms with E-state index in [-0.39, 0.29) is 0 Å². The highest BCUT2D eigenvalue weighted by Gasteiger charge is 2.51. The molecule has 0 amide bonds. The minimum atomic E-state index is 0.554. The van der Waals surface area contributed by atoms with Crippen molar-refractivity contribution in [2.45, 2.75) is 77.7 Å². The summed E-state index contributed by atoms with van der Waals surface area (Å²) in [6.45, 7) is 4.64. The van der Waals surface area contributed by atoms with E-state index < -0.39 is 0 Å². The van der Waals surface area contributed by atoms with Crippen molar-refractivity contribution in [1.29, 1.82) is 0 Å². The molecule has 0 aromatic heterocycles. The van der Waals surface area contributed by atoms with Crippen LogP contribution in [-0.2, 0) is 0 Å². The van der Waals surface area contributed by atoms with Gasteiger partial charge in [0.1, 0.15) is 0 Å². The van der Waals surface area contributed by atoms with Crippen LogP contribution in [0.25, 0.3) is 0 Å². The molecule has 0 heterocycles. The first-order valence-electron chi connectivity index (χ1n) is 8.55. The average Bonchev–Trinajstić information content (AvgIpc) is 2.32. The van der Waals surface area contributed by atoms with E-state index in [1.165, 1.54) is 38.5 Å². The van der Waals surface area contributed by atoms with E-state index in [1.54, 1.807) is 19.3 Å². The molecule has 4 fully saturated rings. The molecule has 110 valence electrons. The lowest BCUT2D eigenvalue weighted by Crippen LogP contribution is -2.49. The number of nitrogens with two attached hydrogens (primary N) is 1. The van der Waals surface area contributed by atoms with E-state index in [2.05, 4.69) is 19.3 Å². The van der Waals surface area contributed by atoms with Gasteiger partial charge in [-0.1, -0.05) is 13.8 Å². The predicted octanol–water partition coefficient (Wildman–Crippen LogP) is 3.86. The third-order valence-electron chi connectivity index (χ3n) is 6.17. The summed E-state index contributed by atoms with van der Waals surface area (Å²) in [5.41, 5.74) is 3.80. The Labute approximate surface area is 118 Å². The van der Waals surface area contributed by atoms with Crippen LogP contribution in [0.3, 0.4) is 0 Å². The Morgan fingerprint density at radius 1 is 1.00 bits per heavy atom. The van der Waals surface area contributed by atoms with Crippen molar-refractivity contribution in [2.75, 3.05) is 0 Å². The van der Waals surface area contributed by atoms with Crippen molar-refractivity contribution < 1.29 is 0 Å². The molecule has 4 aliphatic rings. The van der Waals surface area contributed by atoms with E-state index in [9.17, 15) is 0 Å². The minimum absolute atomic E-state index is 0.554. The van der Waals surface area contributed by atoms with Crippen LogP contribution in [0.5, 0.6) is 0 Å². The van der Waals surface area contributed by atoms with Gasteiger partial charge in [0.25, 0.3) is 0 Å². The summed E-state index contributed by atoms with van der Waals surface area (Å²) in [5, 5.41) is 0. The minimum Gasteiger partial charge on any atom is -0.271 e. The molecule has 2 heteroatoms. The van der Waals surface area contributed by atoms with Crippen molar-refractivity contribution in [1.82, 2.24) is 5.43 Å². The van der Waals surface area contributed by atoms with Gasteiger partial charge in [0.2, 0.25) is 0 Å². The highest BCUT2D eigenvalue weighted by molar-refractivity contribution is 5.02. The smallest absolute Gasteiger partial charge is 0.0215 e. The fraction of sp³-hybridized carbons (Fsp3) is 1.00. The van der Waals surface area contributed by atoms with Gasteiger partial charge in [-0.05, 0) is 86.9 Å². The van der Waals surface area contributed by atoms with Crippen molar-refractivity contribution >= 4 is 0 Å². The van der Waals surface area contributed by atoms with Crippen LogP contribution in [0.15, 0.2) is 0 Å². The first-order valence-corrected chi connectivity index (χ1v) is 8.55. The third-order valence-corrected chi connectivity index (χ3v) is 6.17. The van der Waals surface area contributed by atoms with Crippen molar-refractivity contribution in [3.05, 3.63) is 0 Å². The molecule has 4 aliphatic carbocycles. The average molecular weight is 264 g/mol. The Hall–Kier alpha value is -0.0800. The molecule has 1 atom stereocenters. The molecular weight excluding hydrogens is 232 g/mol. The quantitative estimate of drug-likeness (QED) is 0.565. The first-order chi connectivity index (χ1) is 9.08.